The lowest BCUT2D eigenvalue weighted by molar-refractivity contribution is -0.126. The van der Waals surface area contributed by atoms with Gasteiger partial charge in [-0.3, -0.25) is 9.79 Å². The zero-order chi connectivity index (χ0) is 14.0. The maximum absolute atomic E-state index is 12.7. The van der Waals surface area contributed by atoms with E-state index in [1.165, 1.54) is 0 Å². The Hall–Kier alpha value is -1.35. The van der Waals surface area contributed by atoms with Crippen molar-refractivity contribution in [2.24, 2.45) is 4.99 Å². The third-order valence-electron chi connectivity index (χ3n) is 4.43. The summed E-state index contributed by atoms with van der Waals surface area (Å²) in [4.78, 5) is 17.2. The molecule has 0 saturated heterocycles. The Kier molecular flexibility index (Phi) is 3.79. The Labute approximate surface area is 124 Å². The number of halogens is 1. The molecule has 1 aliphatic heterocycles. The molecular weight excluding hydrogens is 272 g/mol. The lowest BCUT2D eigenvalue weighted by Crippen LogP contribution is -2.45. The highest BCUT2D eigenvalue weighted by Crippen LogP contribution is 2.45. The molecule has 0 unspecified atom stereocenters. The summed E-state index contributed by atoms with van der Waals surface area (Å²) in [5.41, 5.74) is 0.807. The number of carbonyl (C=O) groups excluding carboxylic acids is 1. The summed E-state index contributed by atoms with van der Waals surface area (Å²) in [5.74, 6) is 1.15. The van der Waals surface area contributed by atoms with Gasteiger partial charge in [-0.15, -0.1) is 0 Å². The van der Waals surface area contributed by atoms with Crippen LogP contribution in [0.25, 0.3) is 0 Å². The second-order valence-corrected chi connectivity index (χ2v) is 6.09. The monoisotopic (exact) mass is 290 g/mol. The number of hydrogen-bond acceptors (Lipinski definition) is 3. The van der Waals surface area contributed by atoms with Crippen LogP contribution in [-0.4, -0.2) is 24.7 Å². The Bertz CT molecular complexity index is 532. The van der Waals surface area contributed by atoms with Crippen molar-refractivity contribution < 1.29 is 4.79 Å². The number of benzene rings is 1. The lowest BCUT2D eigenvalue weighted by atomic mass is 9.61. The number of rotatable bonds is 4. The molecule has 1 heterocycles. The molecule has 4 heteroatoms. The van der Waals surface area contributed by atoms with Crippen molar-refractivity contribution in [3.8, 4) is 0 Å². The molecule has 1 aromatic rings. The number of nitrogens with zero attached hydrogens (tertiary/aromatic N) is 1. The molecule has 3 nitrogen and oxygen atoms in total. The van der Waals surface area contributed by atoms with Crippen LogP contribution >= 0.6 is 11.6 Å². The van der Waals surface area contributed by atoms with Crippen LogP contribution in [0.3, 0.4) is 0 Å². The fourth-order valence-corrected chi connectivity index (χ4v) is 3.18. The number of nitrogens with one attached hydrogen (secondary N) is 1. The SMILES string of the molecule is O=C(CC1=NCCCN1)C1(c2ccc(Cl)cc2)CCC1. The molecule has 0 atom stereocenters. The number of Topliss-reactive ketones (excluding diaryl/α,β-unsaturated/α-hetero) is 1. The Balaban J connectivity index is 1.79. The molecule has 1 fully saturated rings. The van der Waals surface area contributed by atoms with Crippen molar-refractivity contribution in [2.75, 3.05) is 13.1 Å². The average molecular weight is 291 g/mol. The third kappa shape index (κ3) is 2.47. The van der Waals surface area contributed by atoms with Crippen molar-refractivity contribution in [1.29, 1.82) is 0 Å². The van der Waals surface area contributed by atoms with Gasteiger partial charge < -0.3 is 5.32 Å². The summed E-state index contributed by atoms with van der Waals surface area (Å²) in [6, 6.07) is 7.74. The summed E-state index contributed by atoms with van der Waals surface area (Å²) in [6.45, 7) is 1.77. The Morgan fingerprint density at radius 1 is 1.25 bits per heavy atom. The van der Waals surface area contributed by atoms with Gasteiger partial charge in [0, 0.05) is 18.1 Å². The molecule has 3 rings (SSSR count). The maximum Gasteiger partial charge on any atom is 0.150 e. The van der Waals surface area contributed by atoms with Crippen molar-refractivity contribution in [3.05, 3.63) is 34.9 Å². The van der Waals surface area contributed by atoms with Gasteiger partial charge in [-0.25, -0.2) is 0 Å². The molecule has 106 valence electrons. The predicted molar refractivity (Wildman–Crippen MR) is 81.5 cm³/mol. The minimum absolute atomic E-state index is 0.291. The van der Waals surface area contributed by atoms with Gasteiger partial charge in [-0.2, -0.15) is 0 Å². The van der Waals surface area contributed by atoms with Gasteiger partial charge in [0.25, 0.3) is 0 Å². The maximum atomic E-state index is 12.7. The zero-order valence-corrected chi connectivity index (χ0v) is 12.2. The van der Waals surface area contributed by atoms with Gasteiger partial charge in [0.2, 0.25) is 0 Å². The fraction of sp³-hybridized carbons (Fsp3) is 0.500. The standard InChI is InChI=1S/C16H19ClN2O/c17-13-5-3-12(4-6-13)16(7-1-8-16)14(20)11-15-18-9-2-10-19-15/h3-6H,1-2,7-11H2,(H,18,19). The van der Waals surface area contributed by atoms with Crippen LogP contribution in [0.2, 0.25) is 5.02 Å². The normalized spacial score (nSPS) is 20.6. The number of carbonyl (C=O) groups is 1. The van der Waals surface area contributed by atoms with E-state index in [0.29, 0.717) is 17.2 Å². The molecule has 1 saturated carbocycles. The first-order valence-corrected chi connectivity index (χ1v) is 7.65. The number of ketones is 1. The van der Waals surface area contributed by atoms with E-state index in [0.717, 1.165) is 50.2 Å². The van der Waals surface area contributed by atoms with Gasteiger partial charge >= 0.3 is 0 Å². The summed E-state index contributed by atoms with van der Waals surface area (Å²) in [7, 11) is 0. The molecule has 0 aromatic heterocycles. The first-order chi connectivity index (χ1) is 9.71. The van der Waals surface area contributed by atoms with Crippen LogP contribution in [-0.2, 0) is 10.2 Å². The van der Waals surface area contributed by atoms with Crippen LogP contribution in [0.4, 0.5) is 0 Å². The predicted octanol–water partition coefficient (Wildman–Crippen LogP) is 3.11. The summed E-state index contributed by atoms with van der Waals surface area (Å²) >= 11 is 5.94. The van der Waals surface area contributed by atoms with Gasteiger partial charge in [-0.05, 0) is 37.0 Å². The highest BCUT2D eigenvalue weighted by atomic mass is 35.5. The smallest absolute Gasteiger partial charge is 0.150 e. The lowest BCUT2D eigenvalue weighted by Gasteiger charge is -2.41. The Morgan fingerprint density at radius 2 is 2.00 bits per heavy atom. The minimum atomic E-state index is -0.299. The van der Waals surface area contributed by atoms with E-state index in [4.69, 9.17) is 11.6 Å². The summed E-state index contributed by atoms with van der Waals surface area (Å²) < 4.78 is 0. The first-order valence-electron chi connectivity index (χ1n) is 7.27. The van der Waals surface area contributed by atoms with Gasteiger partial charge in [0.05, 0.1) is 11.8 Å². The average Bonchev–Trinajstić information content (AvgIpc) is 2.41. The molecular formula is C16H19ClN2O. The van der Waals surface area contributed by atoms with Gasteiger partial charge in [0.1, 0.15) is 5.84 Å². The molecule has 0 radical (unpaired) electrons. The molecule has 1 N–H and O–H groups in total. The van der Waals surface area contributed by atoms with E-state index in [-0.39, 0.29) is 5.41 Å². The number of hydrogen-bond donors (Lipinski definition) is 1. The second kappa shape index (κ2) is 5.57. The third-order valence-corrected chi connectivity index (χ3v) is 4.68. The summed E-state index contributed by atoms with van der Waals surface area (Å²) in [5, 5.41) is 3.96. The van der Waals surface area contributed by atoms with Crippen molar-refractivity contribution in [2.45, 2.75) is 37.5 Å². The van der Waals surface area contributed by atoms with Crippen LogP contribution in [0.15, 0.2) is 29.3 Å². The number of amidine groups is 1. The van der Waals surface area contributed by atoms with E-state index in [1.807, 2.05) is 24.3 Å². The zero-order valence-electron chi connectivity index (χ0n) is 11.5. The minimum Gasteiger partial charge on any atom is -0.373 e. The fourth-order valence-electron chi connectivity index (χ4n) is 3.05. The van der Waals surface area contributed by atoms with Gasteiger partial charge in [0.15, 0.2) is 5.78 Å². The topological polar surface area (TPSA) is 41.5 Å². The van der Waals surface area contributed by atoms with E-state index >= 15 is 0 Å². The van der Waals surface area contributed by atoms with Crippen molar-refractivity contribution in [1.82, 2.24) is 5.32 Å². The molecule has 1 aliphatic carbocycles. The van der Waals surface area contributed by atoms with Crippen LogP contribution in [0.1, 0.15) is 37.7 Å². The summed E-state index contributed by atoms with van der Waals surface area (Å²) in [6.07, 6.45) is 4.50. The highest BCUT2D eigenvalue weighted by molar-refractivity contribution is 6.30. The van der Waals surface area contributed by atoms with Crippen LogP contribution in [0, 0.1) is 0 Å². The first kappa shape index (κ1) is 13.6. The second-order valence-electron chi connectivity index (χ2n) is 5.65. The Morgan fingerprint density at radius 3 is 2.55 bits per heavy atom. The largest absolute Gasteiger partial charge is 0.373 e. The van der Waals surface area contributed by atoms with Crippen molar-refractivity contribution in [3.63, 3.8) is 0 Å². The molecule has 0 spiro atoms. The number of aliphatic imine (C=N–C) groups is 1. The van der Waals surface area contributed by atoms with Crippen molar-refractivity contribution >= 4 is 23.2 Å². The van der Waals surface area contributed by atoms with E-state index in [9.17, 15) is 4.79 Å². The van der Waals surface area contributed by atoms with E-state index in [1.54, 1.807) is 0 Å². The van der Waals surface area contributed by atoms with Crippen LogP contribution in [0.5, 0.6) is 0 Å². The van der Waals surface area contributed by atoms with Gasteiger partial charge in [-0.1, -0.05) is 30.2 Å². The molecule has 2 aliphatic rings. The molecule has 20 heavy (non-hydrogen) atoms. The molecule has 0 bridgehead atoms. The highest BCUT2D eigenvalue weighted by Gasteiger charge is 2.45. The van der Waals surface area contributed by atoms with E-state index < -0.39 is 0 Å². The quantitative estimate of drug-likeness (QED) is 0.926. The molecule has 0 amide bonds. The molecule has 1 aromatic carbocycles. The van der Waals surface area contributed by atoms with Crippen LogP contribution < -0.4 is 5.32 Å². The van der Waals surface area contributed by atoms with E-state index in [2.05, 4.69) is 10.3 Å².